The van der Waals surface area contributed by atoms with Gasteiger partial charge in [-0.1, -0.05) is 19.1 Å². The van der Waals surface area contributed by atoms with E-state index >= 15 is 0 Å². The van der Waals surface area contributed by atoms with Crippen molar-refractivity contribution in [2.45, 2.75) is 40.2 Å². The average Bonchev–Trinajstić information content (AvgIpc) is 2.44. The van der Waals surface area contributed by atoms with Gasteiger partial charge >= 0.3 is 0 Å². The molecule has 0 amide bonds. The fraction of sp³-hybridized carbons (Fsp3) is 0.389. The predicted molar refractivity (Wildman–Crippen MR) is 82.9 cm³/mol. The number of ether oxygens (including phenoxy) is 1. The third-order valence-corrected chi connectivity index (χ3v) is 3.77. The van der Waals surface area contributed by atoms with Gasteiger partial charge in [-0.3, -0.25) is 0 Å². The van der Waals surface area contributed by atoms with Crippen molar-refractivity contribution in [2.24, 2.45) is 7.05 Å². The van der Waals surface area contributed by atoms with Gasteiger partial charge in [0.15, 0.2) is 6.20 Å². The highest BCUT2D eigenvalue weighted by Crippen LogP contribution is 2.35. The van der Waals surface area contributed by atoms with E-state index in [-0.39, 0.29) is 6.10 Å². The number of aryl methyl sites for hydroxylation is 3. The molecule has 2 aromatic rings. The van der Waals surface area contributed by atoms with Crippen molar-refractivity contribution < 1.29 is 9.30 Å². The van der Waals surface area contributed by atoms with Crippen LogP contribution in [-0.4, -0.2) is 6.10 Å². The molecule has 0 spiro atoms. The molecule has 2 rings (SSSR count). The van der Waals surface area contributed by atoms with Crippen LogP contribution < -0.4 is 9.30 Å². The molecule has 0 bridgehead atoms. The SMILES string of the molecule is CCC(C)Oc1c(C)ccc(C)c1-c1cccc[n+]1C. The topological polar surface area (TPSA) is 13.1 Å². The van der Waals surface area contributed by atoms with E-state index in [4.69, 9.17) is 4.74 Å². The molecule has 0 fully saturated rings. The Bertz CT molecular complexity index is 604. The Morgan fingerprint density at radius 2 is 1.80 bits per heavy atom. The quantitative estimate of drug-likeness (QED) is 0.766. The molecule has 1 heterocycles. The normalized spacial score (nSPS) is 12.2. The zero-order chi connectivity index (χ0) is 14.7. The molecule has 0 saturated carbocycles. The molecule has 0 N–H and O–H groups in total. The van der Waals surface area contributed by atoms with Gasteiger partial charge in [-0.25, -0.2) is 4.57 Å². The molecule has 2 nitrogen and oxygen atoms in total. The highest BCUT2D eigenvalue weighted by Gasteiger charge is 2.20. The van der Waals surface area contributed by atoms with Gasteiger partial charge in [0.1, 0.15) is 12.8 Å². The summed E-state index contributed by atoms with van der Waals surface area (Å²) < 4.78 is 8.35. The van der Waals surface area contributed by atoms with Gasteiger partial charge in [0.25, 0.3) is 0 Å². The Balaban J connectivity index is 2.62. The van der Waals surface area contributed by atoms with Crippen molar-refractivity contribution in [2.75, 3.05) is 0 Å². The average molecular weight is 270 g/mol. The van der Waals surface area contributed by atoms with Gasteiger partial charge in [0, 0.05) is 12.1 Å². The predicted octanol–water partition coefficient (Wildman–Crippen LogP) is 3.97. The second-order valence-corrected chi connectivity index (χ2v) is 5.44. The van der Waals surface area contributed by atoms with Gasteiger partial charge in [-0.2, -0.15) is 0 Å². The van der Waals surface area contributed by atoms with Crippen molar-refractivity contribution >= 4 is 0 Å². The summed E-state index contributed by atoms with van der Waals surface area (Å²) in [6, 6.07) is 10.6. The first-order chi connectivity index (χ1) is 9.54. The van der Waals surface area contributed by atoms with E-state index in [9.17, 15) is 0 Å². The number of pyridine rings is 1. The summed E-state index contributed by atoms with van der Waals surface area (Å²) in [5, 5.41) is 0. The van der Waals surface area contributed by atoms with E-state index in [1.165, 1.54) is 22.4 Å². The van der Waals surface area contributed by atoms with Crippen LogP contribution in [0, 0.1) is 13.8 Å². The van der Waals surface area contributed by atoms with Crippen LogP contribution in [0.3, 0.4) is 0 Å². The van der Waals surface area contributed by atoms with E-state index in [0.717, 1.165) is 12.2 Å². The van der Waals surface area contributed by atoms with Crippen LogP contribution in [0.15, 0.2) is 36.5 Å². The zero-order valence-electron chi connectivity index (χ0n) is 13.1. The van der Waals surface area contributed by atoms with Crippen LogP contribution in [0.1, 0.15) is 31.4 Å². The van der Waals surface area contributed by atoms with Crippen LogP contribution in [-0.2, 0) is 7.05 Å². The summed E-state index contributed by atoms with van der Waals surface area (Å²) in [6.07, 6.45) is 3.31. The number of benzene rings is 1. The van der Waals surface area contributed by atoms with Crippen LogP contribution in [0.25, 0.3) is 11.3 Å². The number of aromatic nitrogens is 1. The van der Waals surface area contributed by atoms with Gasteiger partial charge in [-0.15, -0.1) is 0 Å². The Labute approximate surface area is 122 Å². The first-order valence-corrected chi connectivity index (χ1v) is 7.26. The summed E-state index contributed by atoms with van der Waals surface area (Å²) in [5.74, 6) is 1.01. The van der Waals surface area contributed by atoms with Crippen molar-refractivity contribution in [1.29, 1.82) is 0 Å². The van der Waals surface area contributed by atoms with E-state index in [2.05, 4.69) is 69.8 Å². The first-order valence-electron chi connectivity index (χ1n) is 7.26. The fourth-order valence-corrected chi connectivity index (χ4v) is 2.32. The van der Waals surface area contributed by atoms with Crippen LogP contribution in [0.5, 0.6) is 5.75 Å². The Morgan fingerprint density at radius 1 is 1.10 bits per heavy atom. The number of rotatable bonds is 4. The molecular formula is C18H24NO+. The van der Waals surface area contributed by atoms with Crippen molar-refractivity contribution in [3.05, 3.63) is 47.7 Å². The van der Waals surface area contributed by atoms with Gasteiger partial charge in [0.05, 0.1) is 11.7 Å². The molecule has 1 aromatic carbocycles. The van der Waals surface area contributed by atoms with Crippen LogP contribution in [0.2, 0.25) is 0 Å². The summed E-state index contributed by atoms with van der Waals surface area (Å²) in [7, 11) is 2.07. The summed E-state index contributed by atoms with van der Waals surface area (Å²) in [4.78, 5) is 0. The van der Waals surface area contributed by atoms with Gasteiger partial charge in [-0.05, 0) is 44.4 Å². The highest BCUT2D eigenvalue weighted by molar-refractivity contribution is 5.71. The Kier molecular flexibility index (Phi) is 4.43. The molecule has 0 aliphatic carbocycles. The largest absolute Gasteiger partial charge is 0.490 e. The molecule has 0 saturated heterocycles. The Morgan fingerprint density at radius 3 is 2.45 bits per heavy atom. The van der Waals surface area contributed by atoms with Crippen molar-refractivity contribution in [1.82, 2.24) is 0 Å². The monoisotopic (exact) mass is 270 g/mol. The lowest BCUT2D eigenvalue weighted by Crippen LogP contribution is -2.30. The second kappa shape index (κ2) is 6.08. The standard InChI is InChI=1S/C18H24NO/c1-6-15(4)20-18-14(3)11-10-13(2)17(18)16-9-7-8-12-19(16)5/h7-12,15H,6H2,1-5H3/q+1. The van der Waals surface area contributed by atoms with Crippen LogP contribution in [0.4, 0.5) is 0 Å². The minimum absolute atomic E-state index is 0.225. The lowest BCUT2D eigenvalue weighted by atomic mass is 10.00. The minimum atomic E-state index is 0.225. The van der Waals surface area contributed by atoms with Crippen molar-refractivity contribution in [3.8, 4) is 17.0 Å². The molecule has 1 aromatic heterocycles. The third-order valence-electron chi connectivity index (χ3n) is 3.77. The minimum Gasteiger partial charge on any atom is -0.490 e. The highest BCUT2D eigenvalue weighted by atomic mass is 16.5. The summed E-state index contributed by atoms with van der Waals surface area (Å²) >= 11 is 0. The Hall–Kier alpha value is -1.83. The molecule has 1 unspecified atom stereocenters. The van der Waals surface area contributed by atoms with Crippen LogP contribution >= 0.6 is 0 Å². The molecule has 2 heteroatoms. The van der Waals surface area contributed by atoms with Crippen molar-refractivity contribution in [3.63, 3.8) is 0 Å². The third kappa shape index (κ3) is 2.84. The molecule has 106 valence electrons. The maximum atomic E-state index is 6.20. The fourth-order valence-electron chi connectivity index (χ4n) is 2.32. The summed E-state index contributed by atoms with van der Waals surface area (Å²) in [5.41, 5.74) is 4.82. The molecule has 20 heavy (non-hydrogen) atoms. The molecule has 0 radical (unpaired) electrons. The smallest absolute Gasteiger partial charge is 0.216 e. The number of nitrogens with zero attached hydrogens (tertiary/aromatic N) is 1. The maximum absolute atomic E-state index is 6.20. The maximum Gasteiger partial charge on any atom is 0.216 e. The lowest BCUT2D eigenvalue weighted by molar-refractivity contribution is -0.660. The van der Waals surface area contributed by atoms with E-state index in [1.807, 2.05) is 6.07 Å². The second-order valence-electron chi connectivity index (χ2n) is 5.44. The number of hydrogen-bond acceptors (Lipinski definition) is 1. The molecule has 0 aliphatic rings. The zero-order valence-corrected chi connectivity index (χ0v) is 13.1. The number of hydrogen-bond donors (Lipinski definition) is 0. The first kappa shape index (κ1) is 14.6. The lowest BCUT2D eigenvalue weighted by Gasteiger charge is -2.19. The van der Waals surface area contributed by atoms with E-state index in [0.29, 0.717) is 0 Å². The van der Waals surface area contributed by atoms with Gasteiger partial charge < -0.3 is 4.74 Å². The summed E-state index contributed by atoms with van der Waals surface area (Å²) in [6.45, 7) is 8.53. The van der Waals surface area contributed by atoms with Gasteiger partial charge in [0.2, 0.25) is 5.69 Å². The molecule has 1 atom stereocenters. The molecule has 0 aliphatic heterocycles. The van der Waals surface area contributed by atoms with E-state index in [1.54, 1.807) is 0 Å². The molecular weight excluding hydrogens is 246 g/mol. The van der Waals surface area contributed by atoms with E-state index < -0.39 is 0 Å².